The maximum Gasteiger partial charge on any atom is 0.132 e. The first-order chi connectivity index (χ1) is 7.52. The van der Waals surface area contributed by atoms with Gasteiger partial charge in [-0.2, -0.15) is 5.26 Å². The zero-order chi connectivity index (χ0) is 12.1. The predicted octanol–water partition coefficient (Wildman–Crippen LogP) is 3.31. The van der Waals surface area contributed by atoms with Crippen LogP contribution in [-0.4, -0.2) is 11.5 Å². The lowest BCUT2D eigenvalue weighted by Crippen LogP contribution is -2.16. The number of nitriles is 1. The number of halogens is 1. The van der Waals surface area contributed by atoms with Crippen LogP contribution in [0.2, 0.25) is 5.15 Å². The van der Waals surface area contributed by atoms with Gasteiger partial charge in [-0.15, -0.1) is 0 Å². The number of pyridine rings is 1. The molecule has 1 atom stereocenters. The van der Waals surface area contributed by atoms with E-state index in [2.05, 4.69) is 37.1 Å². The van der Waals surface area contributed by atoms with Gasteiger partial charge >= 0.3 is 0 Å². The SMILES string of the molecule is CC(C)C(C)CNc1cc(C#N)cc(Cl)n1. The summed E-state index contributed by atoms with van der Waals surface area (Å²) in [5.41, 5.74) is 0.528. The summed E-state index contributed by atoms with van der Waals surface area (Å²) < 4.78 is 0. The Kier molecular flexibility index (Phi) is 4.57. The highest BCUT2D eigenvalue weighted by Crippen LogP contribution is 2.15. The van der Waals surface area contributed by atoms with Gasteiger partial charge in [0.15, 0.2) is 0 Å². The molecule has 1 unspecified atom stereocenters. The van der Waals surface area contributed by atoms with E-state index >= 15 is 0 Å². The molecule has 1 rings (SSSR count). The third kappa shape index (κ3) is 3.71. The second-order valence-electron chi connectivity index (χ2n) is 4.28. The van der Waals surface area contributed by atoms with Gasteiger partial charge in [-0.25, -0.2) is 4.98 Å². The van der Waals surface area contributed by atoms with Gasteiger partial charge < -0.3 is 5.32 Å². The highest BCUT2D eigenvalue weighted by molar-refractivity contribution is 6.29. The summed E-state index contributed by atoms with van der Waals surface area (Å²) in [6.45, 7) is 7.36. The van der Waals surface area contributed by atoms with Crippen LogP contribution in [0.15, 0.2) is 12.1 Å². The van der Waals surface area contributed by atoms with Crippen molar-refractivity contribution in [2.75, 3.05) is 11.9 Å². The van der Waals surface area contributed by atoms with E-state index in [1.807, 2.05) is 0 Å². The Bertz CT molecular complexity index is 396. The summed E-state index contributed by atoms with van der Waals surface area (Å²) in [6, 6.07) is 5.32. The summed E-state index contributed by atoms with van der Waals surface area (Å²) in [7, 11) is 0. The fourth-order valence-electron chi connectivity index (χ4n) is 1.15. The third-order valence-electron chi connectivity index (χ3n) is 2.67. The quantitative estimate of drug-likeness (QED) is 0.818. The van der Waals surface area contributed by atoms with E-state index < -0.39 is 0 Å². The van der Waals surface area contributed by atoms with Crippen LogP contribution < -0.4 is 5.32 Å². The first kappa shape index (κ1) is 12.8. The molecule has 0 bridgehead atoms. The average molecular weight is 238 g/mol. The van der Waals surface area contributed by atoms with Crippen molar-refractivity contribution in [1.82, 2.24) is 4.98 Å². The van der Waals surface area contributed by atoms with E-state index in [0.717, 1.165) is 6.54 Å². The molecule has 0 aromatic carbocycles. The number of anilines is 1. The first-order valence-electron chi connectivity index (χ1n) is 5.34. The van der Waals surface area contributed by atoms with E-state index in [1.165, 1.54) is 0 Å². The van der Waals surface area contributed by atoms with Crippen molar-refractivity contribution in [2.24, 2.45) is 11.8 Å². The second-order valence-corrected chi connectivity index (χ2v) is 4.67. The van der Waals surface area contributed by atoms with Gasteiger partial charge in [0.25, 0.3) is 0 Å². The standard InChI is InChI=1S/C12H16ClN3/c1-8(2)9(3)7-15-12-5-10(6-14)4-11(13)16-12/h4-5,8-9H,7H2,1-3H3,(H,15,16). The maximum atomic E-state index is 8.79. The molecular formula is C12H16ClN3. The summed E-state index contributed by atoms with van der Waals surface area (Å²) in [5, 5.41) is 12.3. The number of nitrogens with zero attached hydrogens (tertiary/aromatic N) is 2. The Morgan fingerprint density at radius 1 is 1.44 bits per heavy atom. The number of rotatable bonds is 4. The highest BCUT2D eigenvalue weighted by atomic mass is 35.5. The minimum atomic E-state index is 0.346. The molecule has 4 heteroatoms. The van der Waals surface area contributed by atoms with Gasteiger partial charge in [-0.1, -0.05) is 32.4 Å². The number of aromatic nitrogens is 1. The third-order valence-corrected chi connectivity index (χ3v) is 2.86. The molecule has 3 nitrogen and oxygen atoms in total. The van der Waals surface area contributed by atoms with Gasteiger partial charge in [0.1, 0.15) is 11.0 Å². The number of hydrogen-bond donors (Lipinski definition) is 1. The van der Waals surface area contributed by atoms with E-state index in [-0.39, 0.29) is 0 Å². The molecule has 1 N–H and O–H groups in total. The fraction of sp³-hybridized carbons (Fsp3) is 0.500. The lowest BCUT2D eigenvalue weighted by atomic mass is 9.98. The fourth-order valence-corrected chi connectivity index (χ4v) is 1.36. The van der Waals surface area contributed by atoms with Crippen molar-refractivity contribution in [3.05, 3.63) is 22.8 Å². The van der Waals surface area contributed by atoms with Gasteiger partial charge in [-0.05, 0) is 24.0 Å². The Hall–Kier alpha value is -1.27. The van der Waals surface area contributed by atoms with Crippen LogP contribution >= 0.6 is 11.6 Å². The minimum absolute atomic E-state index is 0.346. The molecule has 1 heterocycles. The molecule has 0 aliphatic rings. The molecular weight excluding hydrogens is 222 g/mol. The molecule has 0 spiro atoms. The van der Waals surface area contributed by atoms with E-state index in [4.69, 9.17) is 16.9 Å². The van der Waals surface area contributed by atoms with Crippen LogP contribution in [0, 0.1) is 23.2 Å². The van der Waals surface area contributed by atoms with Gasteiger partial charge in [0, 0.05) is 6.54 Å². The summed E-state index contributed by atoms with van der Waals surface area (Å²) in [4.78, 5) is 4.12. The molecule has 0 saturated heterocycles. The van der Waals surface area contributed by atoms with Crippen LogP contribution in [0.25, 0.3) is 0 Å². The van der Waals surface area contributed by atoms with Gasteiger partial charge in [0.05, 0.1) is 11.6 Å². The summed E-state index contributed by atoms with van der Waals surface area (Å²) in [5.74, 6) is 1.82. The van der Waals surface area contributed by atoms with Crippen molar-refractivity contribution >= 4 is 17.4 Å². The van der Waals surface area contributed by atoms with E-state index in [9.17, 15) is 0 Å². The Morgan fingerprint density at radius 2 is 2.12 bits per heavy atom. The maximum absolute atomic E-state index is 8.79. The zero-order valence-corrected chi connectivity index (χ0v) is 10.5. The minimum Gasteiger partial charge on any atom is -0.370 e. The van der Waals surface area contributed by atoms with Gasteiger partial charge in [0.2, 0.25) is 0 Å². The van der Waals surface area contributed by atoms with Crippen LogP contribution in [0.4, 0.5) is 5.82 Å². The normalized spacial score (nSPS) is 12.2. The van der Waals surface area contributed by atoms with Crippen molar-refractivity contribution in [3.63, 3.8) is 0 Å². The highest BCUT2D eigenvalue weighted by Gasteiger charge is 2.07. The zero-order valence-electron chi connectivity index (χ0n) is 9.79. The molecule has 16 heavy (non-hydrogen) atoms. The molecule has 0 fully saturated rings. The van der Waals surface area contributed by atoms with Crippen molar-refractivity contribution in [1.29, 1.82) is 5.26 Å². The molecule has 1 aromatic heterocycles. The summed E-state index contributed by atoms with van der Waals surface area (Å²) >= 11 is 5.80. The molecule has 1 aromatic rings. The van der Waals surface area contributed by atoms with Crippen LogP contribution in [0.3, 0.4) is 0 Å². The summed E-state index contributed by atoms with van der Waals surface area (Å²) in [6.07, 6.45) is 0. The average Bonchev–Trinajstić information content (AvgIpc) is 2.24. The number of hydrogen-bond acceptors (Lipinski definition) is 3. The molecule has 0 radical (unpaired) electrons. The molecule has 0 aliphatic carbocycles. The Balaban J connectivity index is 2.68. The molecule has 86 valence electrons. The van der Waals surface area contributed by atoms with Crippen LogP contribution in [0.1, 0.15) is 26.3 Å². The van der Waals surface area contributed by atoms with Crippen molar-refractivity contribution in [3.8, 4) is 6.07 Å². The first-order valence-corrected chi connectivity index (χ1v) is 5.72. The largest absolute Gasteiger partial charge is 0.370 e. The smallest absolute Gasteiger partial charge is 0.132 e. The van der Waals surface area contributed by atoms with E-state index in [0.29, 0.717) is 28.4 Å². The Labute approximate surface area is 101 Å². The van der Waals surface area contributed by atoms with Crippen molar-refractivity contribution in [2.45, 2.75) is 20.8 Å². The van der Waals surface area contributed by atoms with Crippen molar-refractivity contribution < 1.29 is 0 Å². The monoisotopic (exact) mass is 237 g/mol. The van der Waals surface area contributed by atoms with Crippen LogP contribution in [-0.2, 0) is 0 Å². The number of nitrogens with one attached hydrogen (secondary N) is 1. The topological polar surface area (TPSA) is 48.7 Å². The van der Waals surface area contributed by atoms with E-state index in [1.54, 1.807) is 12.1 Å². The van der Waals surface area contributed by atoms with Gasteiger partial charge in [-0.3, -0.25) is 0 Å². The lowest BCUT2D eigenvalue weighted by molar-refractivity contribution is 0.439. The molecule has 0 amide bonds. The van der Waals surface area contributed by atoms with Crippen LogP contribution in [0.5, 0.6) is 0 Å². The molecule has 0 saturated carbocycles. The predicted molar refractivity (Wildman–Crippen MR) is 66.5 cm³/mol. The lowest BCUT2D eigenvalue weighted by Gasteiger charge is -2.16. The second kappa shape index (κ2) is 5.72. The Morgan fingerprint density at radius 3 is 2.69 bits per heavy atom. The molecule has 0 aliphatic heterocycles.